The number of hydrogen-bond acceptors (Lipinski definition) is 2. The molecule has 3 heteroatoms. The van der Waals surface area contributed by atoms with Crippen LogP contribution in [0.25, 0.3) is 0 Å². The summed E-state index contributed by atoms with van der Waals surface area (Å²) in [7, 11) is 0. The first-order valence-electron chi connectivity index (χ1n) is 10.3. The molecule has 0 aliphatic rings. The van der Waals surface area contributed by atoms with Gasteiger partial charge in [-0.3, -0.25) is 0 Å². The second-order valence-electron chi connectivity index (χ2n) is 6.54. The maximum atomic E-state index is 5.91. The van der Waals surface area contributed by atoms with Crippen LogP contribution in [0.4, 0.5) is 0 Å². The topological polar surface area (TPSA) is 18.5 Å². The summed E-state index contributed by atoms with van der Waals surface area (Å²) in [5, 5.41) is 0. The Morgan fingerprint density at radius 2 is 1.13 bits per heavy atom. The molecule has 0 aromatic heterocycles. The first kappa shape index (κ1) is 23.7. The third-order valence-corrected chi connectivity index (χ3v) is 8.14. The molecule has 0 aliphatic heterocycles. The van der Waals surface area contributed by atoms with Crippen molar-refractivity contribution in [3.05, 3.63) is 0 Å². The molecule has 23 heavy (non-hydrogen) atoms. The van der Waals surface area contributed by atoms with E-state index in [9.17, 15) is 0 Å². The Labute approximate surface area is 156 Å². The van der Waals surface area contributed by atoms with E-state index in [1.807, 2.05) is 0 Å². The van der Waals surface area contributed by atoms with Gasteiger partial charge in [0.1, 0.15) is 0 Å². The zero-order chi connectivity index (χ0) is 17.0. The van der Waals surface area contributed by atoms with E-state index in [2.05, 4.69) is 20.8 Å². The van der Waals surface area contributed by atoms with Gasteiger partial charge in [-0.2, -0.15) is 0 Å². The van der Waals surface area contributed by atoms with Crippen molar-refractivity contribution in [1.29, 1.82) is 0 Å². The Morgan fingerprint density at radius 1 is 0.609 bits per heavy atom. The van der Waals surface area contributed by atoms with E-state index < -0.39 is 0 Å². The van der Waals surface area contributed by atoms with Crippen LogP contribution in [0.15, 0.2) is 0 Å². The van der Waals surface area contributed by atoms with Gasteiger partial charge in [0.25, 0.3) is 0 Å². The Morgan fingerprint density at radius 3 is 1.74 bits per heavy atom. The molecule has 0 fully saturated rings. The predicted octanol–water partition coefficient (Wildman–Crippen LogP) is 6.63. The quantitative estimate of drug-likeness (QED) is 0.129. The van der Waals surface area contributed by atoms with Crippen molar-refractivity contribution in [3.8, 4) is 0 Å². The minimum absolute atomic E-state index is 0.0709. The summed E-state index contributed by atoms with van der Waals surface area (Å²) in [6, 6.07) is 0. The molecule has 2 nitrogen and oxygen atoms in total. The fourth-order valence-corrected chi connectivity index (χ4v) is 5.92. The average molecular weight is 433 g/mol. The zero-order valence-corrected chi connectivity index (χ0v) is 19.1. The molecule has 0 rings (SSSR count). The second-order valence-corrected chi connectivity index (χ2v) is 10.8. The molecule has 0 saturated heterocycles. The van der Waals surface area contributed by atoms with E-state index in [-0.39, 0.29) is 27.4 Å². The molecule has 0 spiro atoms. The molecule has 2 radical (unpaired) electrons. The van der Waals surface area contributed by atoms with Gasteiger partial charge in [-0.25, -0.2) is 0 Å². The van der Waals surface area contributed by atoms with E-state index in [0.29, 0.717) is 0 Å². The molecule has 0 atom stereocenters. The SMILES string of the molecule is CCCCCCC[CH2][Sn][CH2]CCC(OCCCC)OCCCC. The van der Waals surface area contributed by atoms with E-state index in [1.54, 1.807) is 4.44 Å². The van der Waals surface area contributed by atoms with Crippen molar-refractivity contribution in [1.82, 2.24) is 0 Å². The molecule has 0 aliphatic carbocycles. The molecule has 0 N–H and O–H groups in total. The van der Waals surface area contributed by atoms with E-state index >= 15 is 0 Å². The van der Waals surface area contributed by atoms with Crippen LogP contribution in [-0.2, 0) is 9.47 Å². The second kappa shape index (κ2) is 20.8. The van der Waals surface area contributed by atoms with Crippen molar-refractivity contribution < 1.29 is 9.47 Å². The van der Waals surface area contributed by atoms with Crippen LogP contribution in [0.2, 0.25) is 8.87 Å². The van der Waals surface area contributed by atoms with Crippen molar-refractivity contribution >= 4 is 21.1 Å². The number of unbranched alkanes of at least 4 members (excludes halogenated alkanes) is 7. The number of rotatable bonds is 19. The van der Waals surface area contributed by atoms with Gasteiger partial charge in [0.05, 0.1) is 0 Å². The summed E-state index contributed by atoms with van der Waals surface area (Å²) in [4.78, 5) is 0. The summed E-state index contributed by atoms with van der Waals surface area (Å²) in [6.45, 7) is 8.45. The molecule has 0 aromatic rings. The normalized spacial score (nSPS) is 11.5. The van der Waals surface area contributed by atoms with Gasteiger partial charge in [0.2, 0.25) is 0 Å². The van der Waals surface area contributed by atoms with E-state index in [4.69, 9.17) is 9.47 Å². The van der Waals surface area contributed by atoms with Crippen LogP contribution >= 0.6 is 0 Å². The van der Waals surface area contributed by atoms with Gasteiger partial charge in [-0.1, -0.05) is 0 Å². The van der Waals surface area contributed by atoms with Gasteiger partial charge >= 0.3 is 157 Å². The standard InChI is InChI=1S/C12H25O2.C8H17.Sn/c1-4-7-10-13-12(9-6-3)14-11-8-5-2;1-3-5-7-8-6-4-2;/h12H,3-11H2,1-2H3;1,3-8H2,2H3;. The Kier molecular flexibility index (Phi) is 21.4. The van der Waals surface area contributed by atoms with Gasteiger partial charge in [-0.15, -0.1) is 0 Å². The van der Waals surface area contributed by atoms with Crippen LogP contribution in [0.3, 0.4) is 0 Å². The van der Waals surface area contributed by atoms with E-state index in [0.717, 1.165) is 32.5 Å². The van der Waals surface area contributed by atoms with Gasteiger partial charge in [0.15, 0.2) is 0 Å². The number of ether oxygens (including phenoxy) is 2. The summed E-state index contributed by atoms with van der Waals surface area (Å²) in [6.07, 6.45) is 15.9. The Balaban J connectivity index is 3.48. The zero-order valence-electron chi connectivity index (χ0n) is 16.2. The molecule has 0 aromatic carbocycles. The van der Waals surface area contributed by atoms with Gasteiger partial charge < -0.3 is 0 Å². The van der Waals surface area contributed by atoms with Gasteiger partial charge in [-0.05, 0) is 0 Å². The van der Waals surface area contributed by atoms with Crippen LogP contribution in [0, 0.1) is 0 Å². The van der Waals surface area contributed by atoms with E-state index in [1.165, 1.54) is 62.2 Å². The van der Waals surface area contributed by atoms with Crippen molar-refractivity contribution in [2.75, 3.05) is 13.2 Å². The summed E-state index contributed by atoms with van der Waals surface area (Å²) in [5.74, 6) is 0. The summed E-state index contributed by atoms with van der Waals surface area (Å²) < 4.78 is 14.9. The molecular formula is C20H42O2Sn. The Bertz CT molecular complexity index is 202. The molecule has 0 unspecified atom stereocenters. The maximum absolute atomic E-state index is 5.91. The Hall–Kier alpha value is 0.719. The minimum atomic E-state index is -0.100. The molecule has 0 bridgehead atoms. The van der Waals surface area contributed by atoms with Crippen LogP contribution in [0.5, 0.6) is 0 Å². The van der Waals surface area contributed by atoms with Crippen LogP contribution in [-0.4, -0.2) is 40.6 Å². The fraction of sp³-hybridized carbons (Fsp3) is 1.00. The van der Waals surface area contributed by atoms with Crippen molar-refractivity contribution in [2.45, 2.75) is 113 Å². The fourth-order valence-electron chi connectivity index (χ4n) is 2.48. The third kappa shape index (κ3) is 18.9. The summed E-state index contributed by atoms with van der Waals surface area (Å²) in [5.41, 5.74) is 0. The first-order chi connectivity index (χ1) is 11.3. The van der Waals surface area contributed by atoms with Gasteiger partial charge in [0, 0.05) is 0 Å². The van der Waals surface area contributed by atoms with Crippen LogP contribution in [0.1, 0.15) is 97.8 Å². The average Bonchev–Trinajstić information content (AvgIpc) is 2.56. The third-order valence-electron chi connectivity index (χ3n) is 4.10. The molecule has 0 saturated carbocycles. The van der Waals surface area contributed by atoms with Crippen molar-refractivity contribution in [2.24, 2.45) is 0 Å². The van der Waals surface area contributed by atoms with Crippen molar-refractivity contribution in [3.63, 3.8) is 0 Å². The molecular weight excluding hydrogens is 391 g/mol. The number of hydrogen-bond donors (Lipinski definition) is 0. The van der Waals surface area contributed by atoms with Crippen LogP contribution < -0.4 is 0 Å². The first-order valence-corrected chi connectivity index (χ1v) is 14.3. The predicted molar refractivity (Wildman–Crippen MR) is 103 cm³/mol. The molecule has 138 valence electrons. The summed E-state index contributed by atoms with van der Waals surface area (Å²) >= 11 is -0.100. The molecule has 0 heterocycles. The monoisotopic (exact) mass is 434 g/mol. The molecule has 0 amide bonds.